The Morgan fingerprint density at radius 2 is 1.89 bits per heavy atom. The van der Waals surface area contributed by atoms with Crippen molar-refractivity contribution in [3.8, 4) is 0 Å². The first-order valence-corrected chi connectivity index (χ1v) is 7.07. The van der Waals surface area contributed by atoms with E-state index in [4.69, 9.17) is 9.56 Å². The number of benzene rings is 1. The zero-order chi connectivity index (χ0) is 13.9. The molecule has 0 fully saturated rings. The lowest BCUT2D eigenvalue weighted by molar-refractivity contribution is 0.401. The van der Waals surface area contributed by atoms with Crippen molar-refractivity contribution in [1.29, 1.82) is 0 Å². The van der Waals surface area contributed by atoms with Crippen LogP contribution in [0.2, 0.25) is 0 Å². The Balaban J connectivity index is 1.93. The van der Waals surface area contributed by atoms with Crippen molar-refractivity contribution in [1.82, 2.24) is 5.32 Å². The molecule has 0 bridgehead atoms. The van der Waals surface area contributed by atoms with Gasteiger partial charge in [0.25, 0.3) is 10.0 Å². The number of primary sulfonamides is 1. The summed E-state index contributed by atoms with van der Waals surface area (Å²) in [6.07, 6.45) is 0. The topological polar surface area (TPSA) is 85.3 Å². The summed E-state index contributed by atoms with van der Waals surface area (Å²) in [5.41, 5.74) is 0.528. The first-order chi connectivity index (χ1) is 8.97. The van der Waals surface area contributed by atoms with Crippen LogP contribution in [0.5, 0.6) is 0 Å². The quantitative estimate of drug-likeness (QED) is 0.868. The van der Waals surface area contributed by atoms with Gasteiger partial charge in [-0.3, -0.25) is 0 Å². The van der Waals surface area contributed by atoms with Crippen molar-refractivity contribution in [2.45, 2.75) is 18.2 Å². The highest BCUT2D eigenvalue weighted by Gasteiger charge is 2.12. The molecular formula is C12H13FN2O3S. The highest BCUT2D eigenvalue weighted by Crippen LogP contribution is 2.12. The van der Waals surface area contributed by atoms with Crippen LogP contribution in [0.25, 0.3) is 0 Å². The van der Waals surface area contributed by atoms with Crippen molar-refractivity contribution in [3.63, 3.8) is 0 Å². The Hall–Kier alpha value is -1.70. The molecule has 0 amide bonds. The van der Waals surface area contributed by atoms with Crippen LogP contribution in [0.1, 0.15) is 11.3 Å². The van der Waals surface area contributed by atoms with Crippen LogP contribution in [0.4, 0.5) is 4.39 Å². The second-order valence-electron chi connectivity index (χ2n) is 3.96. The fourth-order valence-corrected chi connectivity index (χ4v) is 2.05. The number of hydrogen-bond donors (Lipinski definition) is 2. The predicted octanol–water partition coefficient (Wildman–Crippen LogP) is 1.36. The fraction of sp³-hybridized carbons (Fsp3) is 0.167. The Kier molecular flexibility index (Phi) is 3.98. The second kappa shape index (κ2) is 5.52. The summed E-state index contributed by atoms with van der Waals surface area (Å²) in [6.45, 7) is 0.599. The Bertz CT molecular complexity index is 667. The van der Waals surface area contributed by atoms with Gasteiger partial charge in [0.15, 0.2) is 0 Å². The van der Waals surface area contributed by atoms with Crippen LogP contribution >= 0.6 is 0 Å². The molecule has 2 aromatic rings. The molecule has 0 unspecified atom stereocenters. The zero-order valence-electron chi connectivity index (χ0n) is 9.97. The average molecular weight is 284 g/mol. The number of furan rings is 1. The highest BCUT2D eigenvalue weighted by molar-refractivity contribution is 7.89. The Morgan fingerprint density at radius 1 is 1.16 bits per heavy atom. The van der Waals surface area contributed by atoms with Gasteiger partial charge in [-0.2, -0.15) is 0 Å². The largest absolute Gasteiger partial charge is 0.447 e. The van der Waals surface area contributed by atoms with Gasteiger partial charge in [0.1, 0.15) is 11.6 Å². The summed E-state index contributed by atoms with van der Waals surface area (Å²) >= 11 is 0. The van der Waals surface area contributed by atoms with Gasteiger partial charge in [-0.05, 0) is 18.2 Å². The van der Waals surface area contributed by atoms with Crippen molar-refractivity contribution in [2.24, 2.45) is 5.14 Å². The van der Waals surface area contributed by atoms with Crippen LogP contribution in [-0.2, 0) is 23.1 Å². The van der Waals surface area contributed by atoms with Crippen molar-refractivity contribution < 1.29 is 17.2 Å². The molecule has 0 saturated heterocycles. The maximum atomic E-state index is 13.3. The Morgan fingerprint density at radius 3 is 2.53 bits per heavy atom. The molecule has 2 rings (SSSR count). The maximum absolute atomic E-state index is 13.3. The normalized spacial score (nSPS) is 11.7. The molecule has 0 aliphatic heterocycles. The molecule has 1 aromatic carbocycles. The van der Waals surface area contributed by atoms with E-state index in [1.807, 2.05) is 0 Å². The van der Waals surface area contributed by atoms with Gasteiger partial charge >= 0.3 is 0 Å². The van der Waals surface area contributed by atoms with Gasteiger partial charge in [0, 0.05) is 12.1 Å². The lowest BCUT2D eigenvalue weighted by Gasteiger charge is -2.04. The third kappa shape index (κ3) is 3.63. The van der Waals surface area contributed by atoms with E-state index in [-0.39, 0.29) is 17.5 Å². The van der Waals surface area contributed by atoms with Crippen LogP contribution in [0, 0.1) is 5.82 Å². The van der Waals surface area contributed by atoms with E-state index in [2.05, 4.69) is 5.32 Å². The smallest absolute Gasteiger partial charge is 0.271 e. The second-order valence-corrected chi connectivity index (χ2v) is 5.45. The molecule has 19 heavy (non-hydrogen) atoms. The molecular weight excluding hydrogens is 271 g/mol. The van der Waals surface area contributed by atoms with Gasteiger partial charge < -0.3 is 9.73 Å². The molecule has 1 aromatic heterocycles. The molecule has 0 aliphatic carbocycles. The molecule has 0 atom stereocenters. The summed E-state index contributed by atoms with van der Waals surface area (Å²) in [4.78, 5) is 0. The molecule has 0 aliphatic rings. The van der Waals surface area contributed by atoms with Gasteiger partial charge in [0.2, 0.25) is 5.09 Å². The summed E-state index contributed by atoms with van der Waals surface area (Å²) in [5, 5.41) is 7.59. The first kappa shape index (κ1) is 13.7. The minimum absolute atomic E-state index is 0.282. The van der Waals surface area contributed by atoms with Crippen LogP contribution in [0.15, 0.2) is 45.9 Å². The van der Waals surface area contributed by atoms with Crippen molar-refractivity contribution in [3.05, 3.63) is 53.5 Å². The van der Waals surface area contributed by atoms with Crippen molar-refractivity contribution >= 4 is 10.0 Å². The lowest BCUT2D eigenvalue weighted by Crippen LogP contribution is -2.13. The minimum atomic E-state index is -3.82. The first-order valence-electron chi connectivity index (χ1n) is 5.52. The summed E-state index contributed by atoms with van der Waals surface area (Å²) in [6, 6.07) is 9.20. The van der Waals surface area contributed by atoms with Gasteiger partial charge in [-0.1, -0.05) is 18.2 Å². The molecule has 7 heteroatoms. The molecule has 5 nitrogen and oxygen atoms in total. The number of rotatable bonds is 5. The zero-order valence-corrected chi connectivity index (χ0v) is 10.8. The van der Waals surface area contributed by atoms with E-state index < -0.39 is 10.0 Å². The Labute approximate surface area is 110 Å². The monoisotopic (exact) mass is 284 g/mol. The average Bonchev–Trinajstić information content (AvgIpc) is 2.80. The fourth-order valence-electron chi connectivity index (χ4n) is 1.57. The van der Waals surface area contributed by atoms with Gasteiger partial charge in [0.05, 0.1) is 6.54 Å². The number of hydrogen-bond acceptors (Lipinski definition) is 4. The SMILES string of the molecule is NS(=O)(=O)c1ccc(CNCc2ccccc2F)o1. The van der Waals surface area contributed by atoms with E-state index >= 15 is 0 Å². The summed E-state index contributed by atoms with van der Waals surface area (Å²) < 4.78 is 40.4. The molecule has 0 radical (unpaired) electrons. The summed E-state index contributed by atoms with van der Waals surface area (Å²) in [7, 11) is -3.82. The number of nitrogens with two attached hydrogens (primary N) is 1. The summed E-state index contributed by atoms with van der Waals surface area (Å²) in [5.74, 6) is 0.125. The number of sulfonamides is 1. The minimum Gasteiger partial charge on any atom is -0.447 e. The molecule has 0 spiro atoms. The molecule has 3 N–H and O–H groups in total. The van der Waals surface area contributed by atoms with Crippen LogP contribution in [0.3, 0.4) is 0 Å². The number of halogens is 1. The van der Waals surface area contributed by atoms with Crippen molar-refractivity contribution in [2.75, 3.05) is 0 Å². The molecule has 102 valence electrons. The standard InChI is InChI=1S/C12H13FN2O3S/c13-11-4-2-1-3-9(11)7-15-8-10-5-6-12(18-10)19(14,16)17/h1-6,15H,7-8H2,(H2,14,16,17). The predicted molar refractivity (Wildman–Crippen MR) is 67.0 cm³/mol. The third-order valence-corrected chi connectivity index (χ3v) is 3.27. The van der Waals surface area contributed by atoms with E-state index in [0.717, 1.165) is 0 Å². The van der Waals surface area contributed by atoms with E-state index in [1.165, 1.54) is 18.2 Å². The van der Waals surface area contributed by atoms with E-state index in [9.17, 15) is 12.8 Å². The lowest BCUT2D eigenvalue weighted by atomic mass is 10.2. The number of nitrogens with one attached hydrogen (secondary N) is 1. The third-order valence-electron chi connectivity index (χ3n) is 2.49. The van der Waals surface area contributed by atoms with Crippen LogP contribution < -0.4 is 10.5 Å². The van der Waals surface area contributed by atoms with E-state index in [0.29, 0.717) is 17.9 Å². The maximum Gasteiger partial charge on any atom is 0.271 e. The molecule has 1 heterocycles. The van der Waals surface area contributed by atoms with E-state index in [1.54, 1.807) is 18.2 Å². The van der Waals surface area contributed by atoms with Crippen LogP contribution in [-0.4, -0.2) is 8.42 Å². The van der Waals surface area contributed by atoms with Gasteiger partial charge in [-0.25, -0.2) is 17.9 Å². The molecule has 0 saturated carbocycles. The highest BCUT2D eigenvalue weighted by atomic mass is 32.2. The van der Waals surface area contributed by atoms with Gasteiger partial charge in [-0.15, -0.1) is 0 Å².